The average Bonchev–Trinajstić information content (AvgIpc) is 2.61. The fraction of sp³-hybridized carbons (Fsp3) is 0.417. The number of carbonyl (C=O) groups excluding carboxylic acids is 2. The molecule has 0 saturated carbocycles. The number of morpholine rings is 1. The molecule has 0 aliphatic carbocycles. The molecule has 1 amide bonds. The Morgan fingerprint density at radius 1 is 1.21 bits per heavy atom. The van der Waals surface area contributed by atoms with Crippen LogP contribution in [-0.2, 0) is 20.9 Å². The Morgan fingerprint density at radius 2 is 1.90 bits per heavy atom. The highest BCUT2D eigenvalue weighted by Gasteiger charge is 2.42. The van der Waals surface area contributed by atoms with Gasteiger partial charge in [0.15, 0.2) is 0 Å². The number of cyclic esters (lactones) is 1. The molecule has 1 N–H and O–H groups in total. The van der Waals surface area contributed by atoms with Crippen molar-refractivity contribution in [1.82, 2.24) is 4.90 Å². The second kappa shape index (κ2) is 8.37. The average molecular weight is 395 g/mol. The molecule has 1 heterocycles. The van der Waals surface area contributed by atoms with E-state index in [1.807, 2.05) is 50.2 Å². The van der Waals surface area contributed by atoms with Crippen LogP contribution in [0.2, 0.25) is 0 Å². The van der Waals surface area contributed by atoms with Gasteiger partial charge < -0.3 is 10.1 Å². The minimum absolute atomic E-state index is 0.164. The summed E-state index contributed by atoms with van der Waals surface area (Å²) in [5.74, 6) is -0.147. The van der Waals surface area contributed by atoms with Crippen molar-refractivity contribution in [2.24, 2.45) is 0 Å². The van der Waals surface area contributed by atoms with Gasteiger partial charge in [-0.3, -0.25) is 9.69 Å². The van der Waals surface area contributed by atoms with Gasteiger partial charge in [-0.05, 0) is 37.0 Å². The molecule has 2 aromatic carbocycles. The number of esters is 1. The standard InChI is InChI=1S/C24H30N2O3/c1-16(2)19-11-12-21(25-17(3)27)20(13-19)22-23(28)29-24(4,5)15-26(22)14-18-9-7-6-8-10-18/h6-13,16,22H,14-15H2,1-5H3,(H,25,27). The molecule has 1 saturated heterocycles. The van der Waals surface area contributed by atoms with E-state index in [1.165, 1.54) is 6.92 Å². The van der Waals surface area contributed by atoms with Crippen LogP contribution in [0.1, 0.15) is 63.3 Å². The van der Waals surface area contributed by atoms with Crippen molar-refractivity contribution in [2.45, 2.75) is 58.7 Å². The summed E-state index contributed by atoms with van der Waals surface area (Å²) >= 11 is 0. The smallest absolute Gasteiger partial charge is 0.328 e. The number of benzene rings is 2. The molecule has 0 aromatic heterocycles. The summed E-state index contributed by atoms with van der Waals surface area (Å²) < 4.78 is 5.78. The molecule has 0 radical (unpaired) electrons. The van der Waals surface area contributed by atoms with Crippen molar-refractivity contribution in [2.75, 3.05) is 11.9 Å². The summed E-state index contributed by atoms with van der Waals surface area (Å²) in [7, 11) is 0. The summed E-state index contributed by atoms with van der Waals surface area (Å²) in [4.78, 5) is 27.1. The zero-order chi connectivity index (χ0) is 21.2. The van der Waals surface area contributed by atoms with Gasteiger partial charge >= 0.3 is 5.97 Å². The summed E-state index contributed by atoms with van der Waals surface area (Å²) in [6, 6.07) is 15.4. The SMILES string of the molecule is CC(=O)Nc1ccc(C(C)C)cc1C1C(=O)OC(C)(C)CN1Cc1ccccc1. The molecule has 0 spiro atoms. The van der Waals surface area contributed by atoms with Gasteiger partial charge in [0, 0.05) is 31.3 Å². The maximum atomic E-state index is 13.2. The normalized spacial score (nSPS) is 19.1. The lowest BCUT2D eigenvalue weighted by molar-refractivity contribution is -0.179. The zero-order valence-corrected chi connectivity index (χ0v) is 17.9. The second-order valence-corrected chi connectivity index (χ2v) is 8.66. The van der Waals surface area contributed by atoms with E-state index in [0.29, 0.717) is 24.7 Å². The number of anilines is 1. The molecule has 1 unspecified atom stereocenters. The monoisotopic (exact) mass is 394 g/mol. The van der Waals surface area contributed by atoms with Gasteiger partial charge in [-0.1, -0.05) is 56.3 Å². The number of hydrogen-bond donors (Lipinski definition) is 1. The first-order valence-electron chi connectivity index (χ1n) is 10.1. The first kappa shape index (κ1) is 21.1. The zero-order valence-electron chi connectivity index (χ0n) is 17.9. The predicted octanol–water partition coefficient (Wildman–Crippen LogP) is 4.65. The summed E-state index contributed by atoms with van der Waals surface area (Å²) in [5.41, 5.74) is 3.10. The number of ether oxygens (including phenoxy) is 1. The molecule has 1 aliphatic heterocycles. The van der Waals surface area contributed by atoms with Crippen LogP contribution in [0.15, 0.2) is 48.5 Å². The predicted molar refractivity (Wildman–Crippen MR) is 115 cm³/mol. The first-order valence-corrected chi connectivity index (χ1v) is 10.1. The number of nitrogens with one attached hydrogen (secondary N) is 1. The summed E-state index contributed by atoms with van der Waals surface area (Å²) in [6.45, 7) is 10.8. The molecule has 5 nitrogen and oxygen atoms in total. The van der Waals surface area contributed by atoms with Crippen LogP contribution in [0.3, 0.4) is 0 Å². The second-order valence-electron chi connectivity index (χ2n) is 8.66. The van der Waals surface area contributed by atoms with Crippen LogP contribution < -0.4 is 5.32 Å². The molecular weight excluding hydrogens is 364 g/mol. The highest BCUT2D eigenvalue weighted by atomic mass is 16.6. The molecule has 5 heteroatoms. The molecular formula is C24H30N2O3. The van der Waals surface area contributed by atoms with E-state index in [4.69, 9.17) is 4.74 Å². The minimum atomic E-state index is -0.580. The van der Waals surface area contributed by atoms with Gasteiger partial charge in [0.2, 0.25) is 5.91 Å². The van der Waals surface area contributed by atoms with E-state index in [-0.39, 0.29) is 11.9 Å². The Hall–Kier alpha value is -2.66. The van der Waals surface area contributed by atoms with Crippen LogP contribution in [0, 0.1) is 0 Å². The number of amides is 1. The third kappa shape index (κ3) is 5.04. The number of hydrogen-bond acceptors (Lipinski definition) is 4. The lowest BCUT2D eigenvalue weighted by Gasteiger charge is -2.43. The molecule has 3 rings (SSSR count). The third-order valence-corrected chi connectivity index (χ3v) is 5.13. The van der Waals surface area contributed by atoms with E-state index in [0.717, 1.165) is 16.7 Å². The molecule has 1 aliphatic rings. The van der Waals surface area contributed by atoms with E-state index in [9.17, 15) is 9.59 Å². The Bertz CT molecular complexity index is 890. The van der Waals surface area contributed by atoms with Gasteiger partial charge in [0.05, 0.1) is 0 Å². The Kier molecular flexibility index (Phi) is 6.08. The molecule has 0 bridgehead atoms. The molecule has 2 aromatic rings. The van der Waals surface area contributed by atoms with Gasteiger partial charge in [-0.25, -0.2) is 4.79 Å². The topological polar surface area (TPSA) is 58.6 Å². The first-order chi connectivity index (χ1) is 13.7. The third-order valence-electron chi connectivity index (χ3n) is 5.13. The van der Waals surface area contributed by atoms with Crippen molar-refractivity contribution >= 4 is 17.6 Å². The van der Waals surface area contributed by atoms with Crippen molar-refractivity contribution in [3.8, 4) is 0 Å². The Morgan fingerprint density at radius 3 is 2.52 bits per heavy atom. The van der Waals surface area contributed by atoms with Crippen LogP contribution in [0.5, 0.6) is 0 Å². The summed E-state index contributed by atoms with van der Waals surface area (Å²) in [6.07, 6.45) is 0. The van der Waals surface area contributed by atoms with Crippen LogP contribution in [0.4, 0.5) is 5.69 Å². The quantitative estimate of drug-likeness (QED) is 0.750. The largest absolute Gasteiger partial charge is 0.457 e. The number of nitrogens with zero attached hydrogens (tertiary/aromatic N) is 1. The lowest BCUT2D eigenvalue weighted by atomic mass is 9.92. The number of carbonyl (C=O) groups is 2. The van der Waals surface area contributed by atoms with Gasteiger partial charge in [0.1, 0.15) is 11.6 Å². The van der Waals surface area contributed by atoms with Crippen LogP contribution >= 0.6 is 0 Å². The van der Waals surface area contributed by atoms with Crippen LogP contribution in [0.25, 0.3) is 0 Å². The maximum absolute atomic E-state index is 13.2. The summed E-state index contributed by atoms with van der Waals surface area (Å²) in [5, 5.41) is 2.89. The lowest BCUT2D eigenvalue weighted by Crippen LogP contribution is -2.52. The van der Waals surface area contributed by atoms with E-state index < -0.39 is 11.6 Å². The Balaban J connectivity index is 2.07. The fourth-order valence-electron chi connectivity index (χ4n) is 3.85. The van der Waals surface area contributed by atoms with Gasteiger partial charge in [-0.15, -0.1) is 0 Å². The van der Waals surface area contributed by atoms with Crippen molar-refractivity contribution in [3.63, 3.8) is 0 Å². The number of rotatable bonds is 5. The molecule has 1 atom stereocenters. The molecule has 154 valence electrons. The van der Waals surface area contributed by atoms with Crippen molar-refractivity contribution < 1.29 is 14.3 Å². The van der Waals surface area contributed by atoms with Crippen molar-refractivity contribution in [3.05, 3.63) is 65.2 Å². The fourth-order valence-corrected chi connectivity index (χ4v) is 3.85. The van der Waals surface area contributed by atoms with E-state index in [2.05, 4.69) is 36.2 Å². The van der Waals surface area contributed by atoms with Gasteiger partial charge in [0.25, 0.3) is 0 Å². The van der Waals surface area contributed by atoms with Crippen molar-refractivity contribution in [1.29, 1.82) is 0 Å². The molecule has 29 heavy (non-hydrogen) atoms. The highest BCUT2D eigenvalue weighted by Crippen LogP contribution is 2.37. The maximum Gasteiger partial charge on any atom is 0.328 e. The highest BCUT2D eigenvalue weighted by molar-refractivity contribution is 5.91. The minimum Gasteiger partial charge on any atom is -0.457 e. The van der Waals surface area contributed by atoms with E-state index >= 15 is 0 Å². The Labute approximate surface area is 173 Å². The molecule has 1 fully saturated rings. The van der Waals surface area contributed by atoms with Gasteiger partial charge in [-0.2, -0.15) is 0 Å². The van der Waals surface area contributed by atoms with Crippen LogP contribution in [-0.4, -0.2) is 28.9 Å². The van der Waals surface area contributed by atoms with E-state index in [1.54, 1.807) is 0 Å².